The first-order valence-corrected chi connectivity index (χ1v) is 6.95. The Labute approximate surface area is 107 Å². The molecule has 0 bridgehead atoms. The van der Waals surface area contributed by atoms with Crippen molar-refractivity contribution in [2.45, 2.75) is 26.3 Å². The highest BCUT2D eigenvalue weighted by atomic mass is 32.1. The molecular formula is C13H20N2OS. The van der Waals surface area contributed by atoms with E-state index in [0.717, 1.165) is 19.5 Å². The van der Waals surface area contributed by atoms with Gasteiger partial charge in [-0.2, -0.15) is 0 Å². The smallest absolute Gasteiger partial charge is 0.227 e. The largest absolute Gasteiger partial charge is 0.338 e. The molecule has 17 heavy (non-hydrogen) atoms. The van der Waals surface area contributed by atoms with Gasteiger partial charge < -0.3 is 10.2 Å². The maximum absolute atomic E-state index is 12.3. The van der Waals surface area contributed by atoms with E-state index in [4.69, 9.17) is 0 Å². The Hall–Kier alpha value is -0.870. The molecule has 0 radical (unpaired) electrons. The second-order valence-corrected chi connectivity index (χ2v) is 6.08. The van der Waals surface area contributed by atoms with Crippen molar-refractivity contribution < 1.29 is 4.79 Å². The van der Waals surface area contributed by atoms with Crippen molar-refractivity contribution in [1.82, 2.24) is 10.2 Å². The molecule has 94 valence electrons. The van der Waals surface area contributed by atoms with Gasteiger partial charge in [0.25, 0.3) is 0 Å². The zero-order valence-electron chi connectivity index (χ0n) is 10.7. The fraction of sp³-hybridized carbons (Fsp3) is 0.615. The second-order valence-electron chi connectivity index (χ2n) is 4.76. The molecule has 2 heterocycles. The van der Waals surface area contributed by atoms with E-state index in [9.17, 15) is 4.79 Å². The number of thiophene rings is 1. The maximum Gasteiger partial charge on any atom is 0.227 e. The van der Waals surface area contributed by atoms with Crippen molar-refractivity contribution in [2.24, 2.45) is 5.92 Å². The lowest BCUT2D eigenvalue weighted by molar-refractivity contribution is -0.135. The second kappa shape index (κ2) is 5.19. The number of amides is 1. The quantitative estimate of drug-likeness (QED) is 0.894. The fourth-order valence-corrected chi connectivity index (χ4v) is 3.19. The van der Waals surface area contributed by atoms with Crippen LogP contribution in [-0.4, -0.2) is 30.9 Å². The number of nitrogens with zero attached hydrogens (tertiary/aromatic N) is 1. The summed E-state index contributed by atoms with van der Waals surface area (Å²) in [7, 11) is 1.92. The van der Waals surface area contributed by atoms with E-state index in [-0.39, 0.29) is 17.9 Å². The van der Waals surface area contributed by atoms with Gasteiger partial charge in [0.05, 0.1) is 12.0 Å². The summed E-state index contributed by atoms with van der Waals surface area (Å²) in [5.74, 6) is 0.442. The highest BCUT2D eigenvalue weighted by Crippen LogP contribution is 2.27. The van der Waals surface area contributed by atoms with Crippen LogP contribution in [0.5, 0.6) is 0 Å². The van der Waals surface area contributed by atoms with Crippen molar-refractivity contribution in [3.63, 3.8) is 0 Å². The lowest BCUT2D eigenvalue weighted by Crippen LogP contribution is -2.35. The van der Waals surface area contributed by atoms with E-state index < -0.39 is 0 Å². The van der Waals surface area contributed by atoms with Gasteiger partial charge in [0, 0.05) is 23.3 Å². The number of aryl methyl sites for hydroxylation is 1. The topological polar surface area (TPSA) is 32.3 Å². The predicted octanol–water partition coefficient (Wildman–Crippen LogP) is 2.19. The van der Waals surface area contributed by atoms with E-state index in [1.165, 1.54) is 9.75 Å². The highest BCUT2D eigenvalue weighted by Gasteiger charge is 2.28. The fourth-order valence-electron chi connectivity index (χ4n) is 2.21. The summed E-state index contributed by atoms with van der Waals surface area (Å²) in [6.07, 6.45) is 0.972. The summed E-state index contributed by atoms with van der Waals surface area (Å²) >= 11 is 1.77. The molecule has 1 fully saturated rings. The summed E-state index contributed by atoms with van der Waals surface area (Å²) in [6, 6.07) is 4.43. The van der Waals surface area contributed by atoms with Gasteiger partial charge in [-0.1, -0.05) is 0 Å². The van der Waals surface area contributed by atoms with E-state index >= 15 is 0 Å². The molecule has 0 aromatic carbocycles. The van der Waals surface area contributed by atoms with Crippen LogP contribution in [0, 0.1) is 12.8 Å². The van der Waals surface area contributed by atoms with Crippen LogP contribution < -0.4 is 5.32 Å². The van der Waals surface area contributed by atoms with E-state index in [1.54, 1.807) is 11.3 Å². The van der Waals surface area contributed by atoms with Gasteiger partial charge in [-0.05, 0) is 38.9 Å². The lowest BCUT2D eigenvalue weighted by Gasteiger charge is -2.26. The van der Waals surface area contributed by atoms with Crippen LogP contribution in [-0.2, 0) is 4.79 Å². The highest BCUT2D eigenvalue weighted by molar-refractivity contribution is 7.12. The molecule has 1 N–H and O–H groups in total. The molecule has 1 aromatic rings. The summed E-state index contributed by atoms with van der Waals surface area (Å²) in [5.41, 5.74) is 0. The maximum atomic E-state index is 12.3. The Balaban J connectivity index is 2.03. The molecule has 1 aliphatic rings. The minimum absolute atomic E-state index is 0.170. The SMILES string of the molecule is Cc1ccc(C(C)N(C)C(=O)C2CCNC2)s1. The predicted molar refractivity (Wildman–Crippen MR) is 71.2 cm³/mol. The molecule has 2 unspecified atom stereocenters. The first kappa shape index (κ1) is 12.6. The third-order valence-corrected chi connectivity index (χ3v) is 4.68. The normalized spacial score (nSPS) is 21.5. The Morgan fingerprint density at radius 1 is 1.59 bits per heavy atom. The van der Waals surface area contributed by atoms with Crippen LogP contribution >= 0.6 is 11.3 Å². The van der Waals surface area contributed by atoms with Crippen LogP contribution in [0.1, 0.15) is 29.1 Å². The minimum atomic E-state index is 0.170. The van der Waals surface area contributed by atoms with Crippen LogP contribution in [0.4, 0.5) is 0 Å². The van der Waals surface area contributed by atoms with Gasteiger partial charge in [0.1, 0.15) is 0 Å². The number of hydrogen-bond donors (Lipinski definition) is 1. The van der Waals surface area contributed by atoms with Gasteiger partial charge in [-0.3, -0.25) is 4.79 Å². The third kappa shape index (κ3) is 2.69. The average Bonchev–Trinajstić information content (AvgIpc) is 2.96. The monoisotopic (exact) mass is 252 g/mol. The summed E-state index contributed by atoms with van der Waals surface area (Å²) in [6.45, 7) is 6.01. The number of nitrogens with one attached hydrogen (secondary N) is 1. The number of carbonyl (C=O) groups excluding carboxylic acids is 1. The average molecular weight is 252 g/mol. The molecule has 0 saturated carbocycles. The van der Waals surface area contributed by atoms with Crippen molar-refractivity contribution in [3.8, 4) is 0 Å². The Morgan fingerprint density at radius 2 is 2.35 bits per heavy atom. The molecule has 0 aliphatic carbocycles. The molecule has 4 heteroatoms. The Bertz CT molecular complexity index is 396. The zero-order valence-corrected chi connectivity index (χ0v) is 11.5. The van der Waals surface area contributed by atoms with Gasteiger partial charge >= 0.3 is 0 Å². The first-order chi connectivity index (χ1) is 8.09. The first-order valence-electron chi connectivity index (χ1n) is 6.13. The molecule has 2 atom stereocenters. The number of carbonyl (C=O) groups is 1. The van der Waals surface area contributed by atoms with Gasteiger partial charge in [-0.25, -0.2) is 0 Å². The van der Waals surface area contributed by atoms with Gasteiger partial charge in [0.15, 0.2) is 0 Å². The van der Waals surface area contributed by atoms with Crippen LogP contribution in [0.25, 0.3) is 0 Å². The van der Waals surface area contributed by atoms with E-state index in [2.05, 4.69) is 31.3 Å². The Kier molecular flexibility index (Phi) is 3.84. The van der Waals surface area contributed by atoms with Crippen molar-refractivity contribution >= 4 is 17.2 Å². The molecule has 1 amide bonds. The summed E-state index contributed by atoms with van der Waals surface area (Å²) in [5, 5.41) is 3.25. The van der Waals surface area contributed by atoms with Crippen LogP contribution in [0.15, 0.2) is 12.1 Å². The van der Waals surface area contributed by atoms with Crippen molar-refractivity contribution in [2.75, 3.05) is 20.1 Å². The number of hydrogen-bond acceptors (Lipinski definition) is 3. The summed E-state index contributed by atoms with van der Waals surface area (Å²) < 4.78 is 0. The molecule has 1 saturated heterocycles. The molecule has 3 nitrogen and oxygen atoms in total. The summed E-state index contributed by atoms with van der Waals surface area (Å²) in [4.78, 5) is 16.7. The molecule has 1 aromatic heterocycles. The lowest BCUT2D eigenvalue weighted by atomic mass is 10.1. The van der Waals surface area contributed by atoms with E-state index in [0.29, 0.717) is 0 Å². The van der Waals surface area contributed by atoms with E-state index in [1.807, 2.05) is 11.9 Å². The van der Waals surface area contributed by atoms with Crippen LogP contribution in [0.2, 0.25) is 0 Å². The van der Waals surface area contributed by atoms with Crippen molar-refractivity contribution in [3.05, 3.63) is 21.9 Å². The Morgan fingerprint density at radius 3 is 2.88 bits per heavy atom. The molecule has 1 aliphatic heterocycles. The van der Waals surface area contributed by atoms with Gasteiger partial charge in [0.2, 0.25) is 5.91 Å². The number of rotatable bonds is 3. The molecule has 2 rings (SSSR count). The van der Waals surface area contributed by atoms with Crippen LogP contribution in [0.3, 0.4) is 0 Å². The molecular weight excluding hydrogens is 232 g/mol. The zero-order chi connectivity index (χ0) is 12.4. The van der Waals surface area contributed by atoms with Gasteiger partial charge in [-0.15, -0.1) is 11.3 Å². The third-order valence-electron chi connectivity index (χ3n) is 3.51. The van der Waals surface area contributed by atoms with Crippen molar-refractivity contribution in [1.29, 1.82) is 0 Å². The molecule has 0 spiro atoms. The minimum Gasteiger partial charge on any atom is -0.338 e. The standard InChI is InChI=1S/C13H20N2OS/c1-9-4-5-12(17-9)10(2)15(3)13(16)11-6-7-14-8-11/h4-5,10-11,14H,6-8H2,1-3H3.